The molecule has 0 aliphatic rings. The largest absolute Gasteiger partial charge is 0.492 e. The van der Waals surface area contributed by atoms with E-state index in [1.54, 1.807) is 6.92 Å². The zero-order chi connectivity index (χ0) is 12.2. The molecule has 0 bridgehead atoms. The predicted molar refractivity (Wildman–Crippen MR) is 51.7 cm³/mol. The van der Waals surface area contributed by atoms with Gasteiger partial charge in [-0.25, -0.2) is 0 Å². The van der Waals surface area contributed by atoms with Gasteiger partial charge in [-0.05, 0) is 31.2 Å². The summed E-state index contributed by atoms with van der Waals surface area (Å²) in [6, 6.07) is 6.35. The molecule has 1 aromatic rings. The summed E-state index contributed by atoms with van der Waals surface area (Å²) in [5, 5.41) is 8.48. The normalized spacial score (nSPS) is 12.9. The highest BCUT2D eigenvalue weighted by Crippen LogP contribution is 2.30. The Balaban J connectivity index is 2.63. The van der Waals surface area contributed by atoms with Gasteiger partial charge in [0.1, 0.15) is 12.4 Å². The summed E-state index contributed by atoms with van der Waals surface area (Å²) in [6.07, 6.45) is -4.33. The summed E-state index contributed by atoms with van der Waals surface area (Å²) in [5.41, 5.74) is -0.715. The van der Waals surface area contributed by atoms with Crippen molar-refractivity contribution in [2.45, 2.75) is 13.1 Å². The van der Waals surface area contributed by atoms with Crippen LogP contribution in [0, 0.1) is 17.2 Å². The average Bonchev–Trinajstić information content (AvgIpc) is 2.25. The molecule has 0 aromatic heterocycles. The molecule has 1 aromatic carbocycles. The first-order valence-electron chi connectivity index (χ1n) is 4.63. The summed E-state index contributed by atoms with van der Waals surface area (Å²) in [7, 11) is 0. The van der Waals surface area contributed by atoms with E-state index in [1.165, 1.54) is 12.1 Å². The van der Waals surface area contributed by atoms with Crippen LogP contribution >= 0.6 is 0 Å². The lowest BCUT2D eigenvalue weighted by Crippen LogP contribution is -2.07. The molecule has 5 heteroatoms. The second-order valence-corrected chi connectivity index (χ2v) is 3.36. The lowest BCUT2D eigenvalue weighted by atomic mass is 10.2. The summed E-state index contributed by atoms with van der Waals surface area (Å²) < 4.78 is 41.7. The number of ether oxygens (including phenoxy) is 1. The van der Waals surface area contributed by atoms with Gasteiger partial charge in [-0.15, -0.1) is 0 Å². The number of hydrogen-bond donors (Lipinski definition) is 0. The molecule has 1 atom stereocenters. The molecule has 86 valence electrons. The first-order chi connectivity index (χ1) is 7.43. The predicted octanol–water partition coefficient (Wildman–Crippen LogP) is 3.24. The first kappa shape index (κ1) is 12.4. The van der Waals surface area contributed by atoms with E-state index in [0.717, 1.165) is 12.1 Å². The zero-order valence-electron chi connectivity index (χ0n) is 8.58. The molecular formula is C11H10F3NO. The molecule has 0 heterocycles. The van der Waals surface area contributed by atoms with Crippen molar-refractivity contribution in [1.29, 1.82) is 5.26 Å². The number of halogens is 3. The van der Waals surface area contributed by atoms with E-state index in [1.807, 2.05) is 6.07 Å². The smallest absolute Gasteiger partial charge is 0.416 e. The van der Waals surface area contributed by atoms with Gasteiger partial charge < -0.3 is 4.74 Å². The lowest BCUT2D eigenvalue weighted by Gasteiger charge is -2.09. The maximum Gasteiger partial charge on any atom is 0.416 e. The van der Waals surface area contributed by atoms with Crippen molar-refractivity contribution in [2.24, 2.45) is 5.92 Å². The molecule has 0 saturated heterocycles. The van der Waals surface area contributed by atoms with Crippen LogP contribution in [0.4, 0.5) is 13.2 Å². The van der Waals surface area contributed by atoms with Gasteiger partial charge in [-0.2, -0.15) is 18.4 Å². The number of alkyl halides is 3. The Bertz CT molecular complexity index is 378. The molecule has 0 amide bonds. The summed E-state index contributed by atoms with van der Waals surface area (Å²) in [5.74, 6) is 0.0393. The Hall–Kier alpha value is -1.70. The summed E-state index contributed by atoms with van der Waals surface area (Å²) in [4.78, 5) is 0. The standard InChI is InChI=1S/C11H10F3NO/c1-8(6-15)7-16-10-4-2-9(3-5-10)11(12,13)14/h2-5,8H,7H2,1H3. The van der Waals surface area contributed by atoms with Gasteiger partial charge in [0.2, 0.25) is 0 Å². The van der Waals surface area contributed by atoms with Crippen LogP contribution in [0.5, 0.6) is 5.75 Å². The molecular weight excluding hydrogens is 219 g/mol. The fourth-order valence-corrected chi connectivity index (χ4v) is 0.999. The zero-order valence-corrected chi connectivity index (χ0v) is 8.58. The lowest BCUT2D eigenvalue weighted by molar-refractivity contribution is -0.137. The third kappa shape index (κ3) is 3.46. The average molecular weight is 229 g/mol. The van der Waals surface area contributed by atoms with Crippen molar-refractivity contribution in [2.75, 3.05) is 6.61 Å². The fraction of sp³-hybridized carbons (Fsp3) is 0.364. The molecule has 0 fully saturated rings. The van der Waals surface area contributed by atoms with Crippen LogP contribution in [-0.2, 0) is 6.18 Å². The van der Waals surface area contributed by atoms with Gasteiger partial charge in [0.25, 0.3) is 0 Å². The topological polar surface area (TPSA) is 33.0 Å². The maximum absolute atomic E-state index is 12.2. The van der Waals surface area contributed by atoms with Crippen LogP contribution in [0.25, 0.3) is 0 Å². The van der Waals surface area contributed by atoms with Crippen molar-refractivity contribution >= 4 is 0 Å². The molecule has 1 unspecified atom stereocenters. The number of rotatable bonds is 3. The van der Waals surface area contributed by atoms with Crippen molar-refractivity contribution in [1.82, 2.24) is 0 Å². The van der Waals surface area contributed by atoms with Gasteiger partial charge in [0.05, 0.1) is 17.6 Å². The van der Waals surface area contributed by atoms with E-state index in [-0.39, 0.29) is 12.5 Å². The Morgan fingerprint density at radius 2 is 1.88 bits per heavy atom. The van der Waals surface area contributed by atoms with Crippen LogP contribution < -0.4 is 4.74 Å². The third-order valence-electron chi connectivity index (χ3n) is 1.90. The van der Waals surface area contributed by atoms with Gasteiger partial charge >= 0.3 is 6.18 Å². The Kier molecular flexibility index (Phi) is 3.78. The van der Waals surface area contributed by atoms with E-state index >= 15 is 0 Å². The molecule has 0 aliphatic carbocycles. The SMILES string of the molecule is CC(C#N)COc1ccc(C(F)(F)F)cc1. The molecule has 2 nitrogen and oxygen atoms in total. The highest BCUT2D eigenvalue weighted by atomic mass is 19.4. The number of nitrogens with zero attached hydrogens (tertiary/aromatic N) is 1. The van der Waals surface area contributed by atoms with E-state index in [0.29, 0.717) is 5.75 Å². The third-order valence-corrected chi connectivity index (χ3v) is 1.90. The molecule has 0 aliphatic heterocycles. The van der Waals surface area contributed by atoms with Gasteiger partial charge in [0, 0.05) is 0 Å². The van der Waals surface area contributed by atoms with Crippen molar-refractivity contribution in [3.8, 4) is 11.8 Å². The molecule has 0 spiro atoms. The highest BCUT2D eigenvalue weighted by molar-refractivity contribution is 5.28. The minimum absolute atomic E-state index is 0.169. The van der Waals surface area contributed by atoms with E-state index in [9.17, 15) is 13.2 Å². The monoisotopic (exact) mass is 229 g/mol. The Morgan fingerprint density at radius 3 is 2.31 bits per heavy atom. The van der Waals surface area contributed by atoms with Gasteiger partial charge in [0.15, 0.2) is 0 Å². The fourth-order valence-electron chi connectivity index (χ4n) is 0.999. The van der Waals surface area contributed by atoms with Crippen molar-refractivity contribution in [3.63, 3.8) is 0 Å². The van der Waals surface area contributed by atoms with Crippen LogP contribution in [0.15, 0.2) is 24.3 Å². The second-order valence-electron chi connectivity index (χ2n) is 3.36. The molecule has 1 rings (SSSR count). The van der Waals surface area contributed by atoms with Crippen LogP contribution in [0.3, 0.4) is 0 Å². The van der Waals surface area contributed by atoms with Crippen LogP contribution in [0.1, 0.15) is 12.5 Å². The molecule has 0 N–H and O–H groups in total. The number of nitriles is 1. The Morgan fingerprint density at radius 1 is 1.31 bits per heavy atom. The molecule has 16 heavy (non-hydrogen) atoms. The second kappa shape index (κ2) is 4.88. The van der Waals surface area contributed by atoms with Crippen molar-refractivity contribution in [3.05, 3.63) is 29.8 Å². The van der Waals surface area contributed by atoms with Crippen LogP contribution in [-0.4, -0.2) is 6.61 Å². The van der Waals surface area contributed by atoms with Crippen molar-refractivity contribution < 1.29 is 17.9 Å². The maximum atomic E-state index is 12.2. The Labute approximate surface area is 91.3 Å². The highest BCUT2D eigenvalue weighted by Gasteiger charge is 2.29. The van der Waals surface area contributed by atoms with E-state index in [2.05, 4.69) is 0 Å². The van der Waals surface area contributed by atoms with E-state index in [4.69, 9.17) is 10.00 Å². The summed E-state index contributed by atoms with van der Waals surface area (Å²) in [6.45, 7) is 1.84. The first-order valence-corrected chi connectivity index (χ1v) is 4.63. The molecule has 0 radical (unpaired) electrons. The van der Waals surface area contributed by atoms with Gasteiger partial charge in [-0.3, -0.25) is 0 Å². The van der Waals surface area contributed by atoms with E-state index < -0.39 is 11.7 Å². The molecule has 0 saturated carbocycles. The minimum atomic E-state index is -4.33. The number of benzene rings is 1. The quantitative estimate of drug-likeness (QED) is 0.797. The minimum Gasteiger partial charge on any atom is -0.492 e. The van der Waals surface area contributed by atoms with Crippen LogP contribution in [0.2, 0.25) is 0 Å². The van der Waals surface area contributed by atoms with Gasteiger partial charge in [-0.1, -0.05) is 0 Å². The summed E-state index contributed by atoms with van der Waals surface area (Å²) >= 11 is 0. The number of hydrogen-bond acceptors (Lipinski definition) is 2.